The molecule has 3 amide bonds. The monoisotopic (exact) mass is 541 g/mol. The molecule has 0 radical (unpaired) electrons. The molecule has 0 saturated carbocycles. The molecule has 38 heavy (non-hydrogen) atoms. The molecule has 0 spiro atoms. The van der Waals surface area contributed by atoms with Gasteiger partial charge in [0.1, 0.15) is 18.0 Å². The zero-order chi connectivity index (χ0) is 26.9. The Bertz CT molecular complexity index is 1210. The van der Waals surface area contributed by atoms with Crippen LogP contribution < -0.4 is 24.3 Å². The van der Waals surface area contributed by atoms with Crippen molar-refractivity contribution < 1.29 is 33.3 Å². The summed E-state index contributed by atoms with van der Waals surface area (Å²) >= 11 is 1.57. The van der Waals surface area contributed by atoms with Crippen LogP contribution >= 0.6 is 11.3 Å². The lowest BCUT2D eigenvalue weighted by atomic mass is 10.2. The van der Waals surface area contributed by atoms with Gasteiger partial charge < -0.3 is 38.8 Å². The van der Waals surface area contributed by atoms with Gasteiger partial charge in [-0.2, -0.15) is 0 Å². The summed E-state index contributed by atoms with van der Waals surface area (Å²) in [6, 6.07) is 14.2. The van der Waals surface area contributed by atoms with Crippen molar-refractivity contribution in [3.05, 3.63) is 64.4 Å². The van der Waals surface area contributed by atoms with Crippen LogP contribution in [0.1, 0.15) is 10.4 Å². The lowest BCUT2D eigenvalue weighted by Gasteiger charge is -2.28. The number of hydrogen-bond acceptors (Lipinski definition) is 8. The number of fused-ring (bicyclic) bond motifs is 1. The number of carbonyl (C=O) groups is 2. The molecule has 0 bridgehead atoms. The van der Waals surface area contributed by atoms with Gasteiger partial charge in [-0.15, -0.1) is 11.3 Å². The number of carbonyl (C=O) groups excluding carboxylic acids is 2. The molecule has 202 valence electrons. The average Bonchev–Trinajstić information content (AvgIpc) is 3.62. The minimum absolute atomic E-state index is 0.133. The zero-order valence-corrected chi connectivity index (χ0v) is 22.4. The number of anilines is 1. The summed E-state index contributed by atoms with van der Waals surface area (Å²) in [5.74, 6) is 2.20. The second kappa shape index (κ2) is 13.0. The molecule has 0 unspecified atom stereocenters. The Morgan fingerprint density at radius 2 is 1.71 bits per heavy atom. The van der Waals surface area contributed by atoms with Crippen molar-refractivity contribution >= 4 is 29.0 Å². The predicted molar refractivity (Wildman–Crippen MR) is 143 cm³/mol. The zero-order valence-electron chi connectivity index (χ0n) is 21.6. The van der Waals surface area contributed by atoms with E-state index in [1.54, 1.807) is 41.5 Å². The quantitative estimate of drug-likeness (QED) is 0.367. The van der Waals surface area contributed by atoms with E-state index in [2.05, 4.69) is 5.32 Å². The Hall–Kier alpha value is -3.96. The summed E-state index contributed by atoms with van der Waals surface area (Å²) in [4.78, 5) is 31.1. The molecule has 4 rings (SSSR count). The Morgan fingerprint density at radius 3 is 2.39 bits per heavy atom. The van der Waals surface area contributed by atoms with Crippen LogP contribution in [0.5, 0.6) is 23.0 Å². The van der Waals surface area contributed by atoms with Crippen LogP contribution in [0.3, 0.4) is 0 Å². The third-order valence-electron chi connectivity index (χ3n) is 5.87. The lowest BCUT2D eigenvalue weighted by Crippen LogP contribution is -2.45. The Labute approximate surface area is 225 Å². The van der Waals surface area contributed by atoms with Crippen molar-refractivity contribution in [3.63, 3.8) is 0 Å². The van der Waals surface area contributed by atoms with E-state index in [9.17, 15) is 9.59 Å². The van der Waals surface area contributed by atoms with Crippen molar-refractivity contribution in [2.24, 2.45) is 0 Å². The maximum Gasteiger partial charge on any atom is 0.322 e. The minimum atomic E-state index is -0.440. The summed E-state index contributed by atoms with van der Waals surface area (Å²) in [5, 5.41) is 4.81. The van der Waals surface area contributed by atoms with Gasteiger partial charge in [0.25, 0.3) is 0 Å². The van der Waals surface area contributed by atoms with Crippen LogP contribution in [-0.2, 0) is 22.6 Å². The van der Waals surface area contributed by atoms with E-state index >= 15 is 0 Å². The number of benzene rings is 2. The molecule has 1 aromatic heterocycles. The van der Waals surface area contributed by atoms with Crippen LogP contribution in [0, 0.1) is 0 Å². The van der Waals surface area contributed by atoms with Crippen LogP contribution in [0.2, 0.25) is 0 Å². The van der Waals surface area contributed by atoms with Crippen molar-refractivity contribution in [1.29, 1.82) is 0 Å². The summed E-state index contributed by atoms with van der Waals surface area (Å²) < 4.78 is 26.7. The first-order valence-corrected chi connectivity index (χ1v) is 12.8. The SMILES string of the molecule is COCCN(CC(=O)N(Cc1ccc2c(c1)OCO2)Cc1cccs1)C(=O)Nc1cc(OC)cc(OC)c1. The van der Waals surface area contributed by atoms with E-state index in [1.807, 2.05) is 35.7 Å². The smallest absolute Gasteiger partial charge is 0.322 e. The highest BCUT2D eigenvalue weighted by Gasteiger charge is 2.23. The summed E-state index contributed by atoms with van der Waals surface area (Å²) in [6.07, 6.45) is 0. The predicted octanol–water partition coefficient (Wildman–Crippen LogP) is 4.20. The van der Waals surface area contributed by atoms with Gasteiger partial charge in [-0.05, 0) is 29.1 Å². The number of urea groups is 1. The first-order valence-electron chi connectivity index (χ1n) is 12.0. The Kier molecular flexibility index (Phi) is 9.28. The molecule has 11 heteroatoms. The molecule has 2 aromatic carbocycles. The normalized spacial score (nSPS) is 11.7. The highest BCUT2D eigenvalue weighted by atomic mass is 32.1. The van der Waals surface area contributed by atoms with Gasteiger partial charge in [-0.25, -0.2) is 4.79 Å². The maximum absolute atomic E-state index is 13.6. The second-order valence-electron chi connectivity index (χ2n) is 8.46. The number of ether oxygens (including phenoxy) is 5. The van der Waals surface area contributed by atoms with Gasteiger partial charge in [0, 0.05) is 49.0 Å². The number of amides is 3. The molecule has 1 aliphatic heterocycles. The largest absolute Gasteiger partial charge is 0.497 e. The molecular formula is C27H31N3O7S. The molecule has 1 N–H and O–H groups in total. The topological polar surface area (TPSA) is 98.8 Å². The molecular weight excluding hydrogens is 510 g/mol. The van der Waals surface area contributed by atoms with Crippen LogP contribution in [0.4, 0.5) is 10.5 Å². The second-order valence-corrected chi connectivity index (χ2v) is 9.49. The Morgan fingerprint density at radius 1 is 0.947 bits per heavy atom. The first kappa shape index (κ1) is 27.1. The lowest BCUT2D eigenvalue weighted by molar-refractivity contribution is -0.133. The standard InChI is InChI=1S/C27H31N3O7S/c1-33-9-8-29(27(32)28-20-12-21(34-2)14-22(13-20)35-3)17-26(31)30(16-23-5-4-10-38-23)15-19-6-7-24-25(11-19)37-18-36-24/h4-7,10-14H,8-9,15-18H2,1-3H3,(H,28,32). The van der Waals surface area contributed by atoms with Gasteiger partial charge in [0.15, 0.2) is 11.5 Å². The number of thiophene rings is 1. The number of nitrogens with zero attached hydrogens (tertiary/aromatic N) is 2. The fourth-order valence-corrected chi connectivity index (χ4v) is 4.60. The highest BCUT2D eigenvalue weighted by Crippen LogP contribution is 2.33. The summed E-state index contributed by atoms with van der Waals surface area (Å²) in [6.45, 7) is 1.31. The number of hydrogen-bond donors (Lipinski definition) is 1. The molecule has 0 aliphatic carbocycles. The van der Waals surface area contributed by atoms with E-state index < -0.39 is 6.03 Å². The van der Waals surface area contributed by atoms with Crippen LogP contribution in [-0.4, -0.2) is 69.6 Å². The molecule has 1 aliphatic rings. The maximum atomic E-state index is 13.6. The van der Waals surface area contributed by atoms with Gasteiger partial charge >= 0.3 is 6.03 Å². The van der Waals surface area contributed by atoms with Crippen molar-refractivity contribution in [1.82, 2.24) is 9.80 Å². The number of nitrogens with one attached hydrogen (secondary N) is 1. The summed E-state index contributed by atoms with van der Waals surface area (Å²) in [7, 11) is 4.62. The van der Waals surface area contributed by atoms with E-state index in [0.29, 0.717) is 41.8 Å². The third kappa shape index (κ3) is 7.08. The van der Waals surface area contributed by atoms with Crippen molar-refractivity contribution in [2.45, 2.75) is 13.1 Å². The molecule has 0 saturated heterocycles. The van der Waals surface area contributed by atoms with Crippen LogP contribution in [0.25, 0.3) is 0 Å². The molecule has 0 fully saturated rings. The fraction of sp³-hybridized carbons (Fsp3) is 0.333. The van der Waals surface area contributed by atoms with Crippen LogP contribution in [0.15, 0.2) is 53.9 Å². The molecule has 3 aromatic rings. The third-order valence-corrected chi connectivity index (χ3v) is 6.73. The average molecular weight is 542 g/mol. The summed E-state index contributed by atoms with van der Waals surface area (Å²) in [5.41, 5.74) is 1.38. The van der Waals surface area contributed by atoms with Gasteiger partial charge in [0.2, 0.25) is 12.7 Å². The number of rotatable bonds is 12. The van der Waals surface area contributed by atoms with E-state index in [-0.39, 0.29) is 32.4 Å². The van der Waals surface area contributed by atoms with E-state index in [1.165, 1.54) is 19.1 Å². The number of methoxy groups -OCH3 is 3. The van der Waals surface area contributed by atoms with Crippen molar-refractivity contribution in [2.75, 3.05) is 53.1 Å². The molecule has 10 nitrogen and oxygen atoms in total. The van der Waals surface area contributed by atoms with Gasteiger partial charge in [-0.1, -0.05) is 12.1 Å². The van der Waals surface area contributed by atoms with Crippen molar-refractivity contribution in [3.8, 4) is 23.0 Å². The first-order chi connectivity index (χ1) is 18.5. The Balaban J connectivity index is 1.51. The van der Waals surface area contributed by atoms with E-state index in [0.717, 1.165) is 10.4 Å². The highest BCUT2D eigenvalue weighted by molar-refractivity contribution is 7.09. The fourth-order valence-electron chi connectivity index (χ4n) is 3.88. The van der Waals surface area contributed by atoms with Gasteiger partial charge in [0.05, 0.1) is 27.4 Å². The van der Waals surface area contributed by atoms with E-state index in [4.69, 9.17) is 23.7 Å². The van der Waals surface area contributed by atoms with Gasteiger partial charge in [-0.3, -0.25) is 4.79 Å². The molecule has 0 atom stereocenters. The molecule has 2 heterocycles. The minimum Gasteiger partial charge on any atom is -0.497 e.